The van der Waals surface area contributed by atoms with Gasteiger partial charge in [-0.3, -0.25) is 4.90 Å². The first-order valence-corrected chi connectivity index (χ1v) is 9.00. The molecule has 0 heterocycles. The molecule has 1 aromatic carbocycles. The third-order valence-electron chi connectivity index (χ3n) is 3.58. The van der Waals surface area contributed by atoms with Gasteiger partial charge in [0.25, 0.3) is 0 Å². The topological polar surface area (TPSA) is 74.3 Å². The number of rotatable bonds is 9. The van der Waals surface area contributed by atoms with Gasteiger partial charge in [0, 0.05) is 13.5 Å². The van der Waals surface area contributed by atoms with Crippen molar-refractivity contribution < 1.29 is 28.5 Å². The molecule has 1 aromatic rings. The SMILES string of the molecule is CCCOC(=O)[C@H](Cc1ccc(OC)cc1)N(COC)C(=O)OC(C)(C)C. The fourth-order valence-corrected chi connectivity index (χ4v) is 2.33. The van der Waals surface area contributed by atoms with Gasteiger partial charge in [-0.15, -0.1) is 0 Å². The summed E-state index contributed by atoms with van der Waals surface area (Å²) < 4.78 is 21.1. The van der Waals surface area contributed by atoms with Crippen molar-refractivity contribution in [2.24, 2.45) is 0 Å². The Kier molecular flexibility index (Phi) is 9.08. The first-order valence-electron chi connectivity index (χ1n) is 9.00. The fraction of sp³-hybridized carbons (Fsp3) is 0.600. The molecule has 1 atom stereocenters. The maximum atomic E-state index is 12.7. The first kappa shape index (κ1) is 22.8. The molecule has 0 unspecified atom stereocenters. The van der Waals surface area contributed by atoms with Crippen LogP contribution < -0.4 is 4.74 Å². The zero-order chi connectivity index (χ0) is 20.4. The molecule has 0 aliphatic carbocycles. The predicted molar refractivity (Wildman–Crippen MR) is 102 cm³/mol. The summed E-state index contributed by atoms with van der Waals surface area (Å²) >= 11 is 0. The first-order chi connectivity index (χ1) is 12.7. The molecule has 0 saturated carbocycles. The molecule has 27 heavy (non-hydrogen) atoms. The van der Waals surface area contributed by atoms with Gasteiger partial charge in [-0.25, -0.2) is 9.59 Å². The summed E-state index contributed by atoms with van der Waals surface area (Å²) in [5.41, 5.74) is 0.167. The summed E-state index contributed by atoms with van der Waals surface area (Å²) in [5, 5.41) is 0. The largest absolute Gasteiger partial charge is 0.497 e. The van der Waals surface area contributed by atoms with E-state index in [1.54, 1.807) is 40.0 Å². The second kappa shape index (κ2) is 10.8. The number of carbonyl (C=O) groups is 2. The van der Waals surface area contributed by atoms with Crippen LogP contribution in [0.3, 0.4) is 0 Å². The smallest absolute Gasteiger partial charge is 0.412 e. The highest BCUT2D eigenvalue weighted by Gasteiger charge is 2.34. The third-order valence-corrected chi connectivity index (χ3v) is 3.58. The van der Waals surface area contributed by atoms with Gasteiger partial charge in [0.15, 0.2) is 0 Å². The minimum Gasteiger partial charge on any atom is -0.497 e. The summed E-state index contributed by atoms with van der Waals surface area (Å²) in [6, 6.07) is 6.44. The van der Waals surface area contributed by atoms with Gasteiger partial charge in [-0.05, 0) is 44.9 Å². The molecule has 1 rings (SSSR count). The van der Waals surface area contributed by atoms with Crippen molar-refractivity contribution >= 4 is 12.1 Å². The minimum atomic E-state index is -0.861. The van der Waals surface area contributed by atoms with E-state index in [4.69, 9.17) is 18.9 Å². The van der Waals surface area contributed by atoms with Crippen LogP contribution in [-0.2, 0) is 25.4 Å². The molecule has 0 aromatic heterocycles. The van der Waals surface area contributed by atoms with Crippen LogP contribution in [0.25, 0.3) is 0 Å². The number of benzene rings is 1. The monoisotopic (exact) mass is 381 g/mol. The van der Waals surface area contributed by atoms with Crippen molar-refractivity contribution in [2.75, 3.05) is 27.6 Å². The van der Waals surface area contributed by atoms with Crippen LogP contribution in [0, 0.1) is 0 Å². The van der Waals surface area contributed by atoms with Gasteiger partial charge in [0.05, 0.1) is 13.7 Å². The summed E-state index contributed by atoms with van der Waals surface area (Å²) in [7, 11) is 3.04. The lowest BCUT2D eigenvalue weighted by molar-refractivity contribution is -0.151. The van der Waals surface area contributed by atoms with Crippen molar-refractivity contribution in [1.29, 1.82) is 0 Å². The molecule has 152 valence electrons. The van der Waals surface area contributed by atoms with E-state index in [1.807, 2.05) is 19.1 Å². The number of methoxy groups -OCH3 is 2. The van der Waals surface area contributed by atoms with Crippen molar-refractivity contribution in [3.05, 3.63) is 29.8 Å². The van der Waals surface area contributed by atoms with Crippen LogP contribution in [0.4, 0.5) is 4.79 Å². The molecule has 7 nitrogen and oxygen atoms in total. The van der Waals surface area contributed by atoms with Crippen molar-refractivity contribution in [3.63, 3.8) is 0 Å². The van der Waals surface area contributed by atoms with Gasteiger partial charge >= 0.3 is 12.1 Å². The Morgan fingerprint density at radius 2 is 1.74 bits per heavy atom. The van der Waals surface area contributed by atoms with Crippen molar-refractivity contribution in [2.45, 2.75) is 52.2 Å². The van der Waals surface area contributed by atoms with Crippen molar-refractivity contribution in [3.8, 4) is 5.75 Å². The van der Waals surface area contributed by atoms with E-state index in [0.29, 0.717) is 12.2 Å². The molecule has 0 bridgehead atoms. The van der Waals surface area contributed by atoms with Gasteiger partial charge in [-0.1, -0.05) is 19.1 Å². The Morgan fingerprint density at radius 3 is 2.22 bits per heavy atom. The van der Waals surface area contributed by atoms with E-state index >= 15 is 0 Å². The lowest BCUT2D eigenvalue weighted by Crippen LogP contribution is -2.49. The highest BCUT2D eigenvalue weighted by Crippen LogP contribution is 2.18. The second-order valence-corrected chi connectivity index (χ2v) is 7.10. The predicted octanol–water partition coefficient (Wildman–Crippen LogP) is 3.40. The number of nitrogens with zero attached hydrogens (tertiary/aromatic N) is 1. The molecule has 0 N–H and O–H groups in total. The van der Waals surface area contributed by atoms with Crippen LogP contribution >= 0.6 is 0 Å². The van der Waals surface area contributed by atoms with Gasteiger partial charge < -0.3 is 18.9 Å². The fourth-order valence-electron chi connectivity index (χ4n) is 2.33. The maximum Gasteiger partial charge on any atom is 0.412 e. The average Bonchev–Trinajstić information content (AvgIpc) is 2.61. The van der Waals surface area contributed by atoms with E-state index in [0.717, 1.165) is 5.56 Å². The van der Waals surface area contributed by atoms with Gasteiger partial charge in [0.1, 0.15) is 24.1 Å². The highest BCUT2D eigenvalue weighted by molar-refractivity contribution is 5.82. The molecule has 0 aliphatic rings. The number of hydrogen-bond donors (Lipinski definition) is 0. The lowest BCUT2D eigenvalue weighted by atomic mass is 10.0. The zero-order valence-corrected chi connectivity index (χ0v) is 17.1. The standard InChI is InChI=1S/C20H31NO6/c1-7-12-26-18(22)17(13-15-8-10-16(25-6)11-9-15)21(14-24-5)19(23)27-20(2,3)4/h8-11,17H,7,12-14H2,1-6H3/t17-/m0/s1. The Morgan fingerprint density at radius 1 is 1.11 bits per heavy atom. The number of amides is 1. The van der Waals surface area contributed by atoms with Crippen LogP contribution in [0.2, 0.25) is 0 Å². The van der Waals surface area contributed by atoms with Crippen LogP contribution in [0.5, 0.6) is 5.75 Å². The second-order valence-electron chi connectivity index (χ2n) is 7.10. The zero-order valence-electron chi connectivity index (χ0n) is 17.1. The molecule has 7 heteroatoms. The quantitative estimate of drug-likeness (QED) is 0.482. The minimum absolute atomic E-state index is 0.0863. The Labute approximate surface area is 161 Å². The van der Waals surface area contributed by atoms with Crippen LogP contribution in [0.1, 0.15) is 39.7 Å². The van der Waals surface area contributed by atoms with E-state index in [1.165, 1.54) is 12.0 Å². The molecule has 0 radical (unpaired) electrons. The molecule has 0 aliphatic heterocycles. The highest BCUT2D eigenvalue weighted by atomic mass is 16.6. The summed E-state index contributed by atoms with van der Waals surface area (Å²) in [6.07, 6.45) is 0.337. The molecule has 0 fully saturated rings. The number of ether oxygens (including phenoxy) is 4. The molecular formula is C20H31NO6. The molecule has 1 amide bonds. The van der Waals surface area contributed by atoms with Crippen LogP contribution in [-0.4, -0.2) is 56.2 Å². The van der Waals surface area contributed by atoms with Gasteiger partial charge in [0.2, 0.25) is 0 Å². The lowest BCUT2D eigenvalue weighted by Gasteiger charge is -2.31. The van der Waals surface area contributed by atoms with E-state index < -0.39 is 23.7 Å². The van der Waals surface area contributed by atoms with E-state index in [-0.39, 0.29) is 19.8 Å². The summed E-state index contributed by atoms with van der Waals surface area (Å²) in [4.78, 5) is 26.6. The Bertz CT molecular complexity index is 593. The normalized spacial score (nSPS) is 12.2. The van der Waals surface area contributed by atoms with E-state index in [2.05, 4.69) is 0 Å². The van der Waals surface area contributed by atoms with Crippen LogP contribution in [0.15, 0.2) is 24.3 Å². The molecule has 0 spiro atoms. The Balaban J connectivity index is 3.10. The average molecular weight is 381 g/mol. The maximum absolute atomic E-state index is 12.7. The summed E-state index contributed by atoms with van der Waals surface area (Å²) in [5.74, 6) is 0.223. The Hall–Kier alpha value is -2.28. The molecular weight excluding hydrogens is 350 g/mol. The number of hydrogen-bond acceptors (Lipinski definition) is 6. The number of esters is 1. The number of carbonyl (C=O) groups excluding carboxylic acids is 2. The third kappa shape index (κ3) is 7.86. The van der Waals surface area contributed by atoms with Crippen molar-refractivity contribution in [1.82, 2.24) is 4.90 Å². The molecule has 0 saturated heterocycles. The van der Waals surface area contributed by atoms with Gasteiger partial charge in [-0.2, -0.15) is 0 Å². The van der Waals surface area contributed by atoms with E-state index in [9.17, 15) is 9.59 Å². The summed E-state index contributed by atoms with van der Waals surface area (Å²) in [6.45, 7) is 7.41.